The van der Waals surface area contributed by atoms with Crippen molar-refractivity contribution in [2.75, 3.05) is 19.8 Å². The standard InChI is InChI=1S/C14H17BrN2O3/c1-3-5-17-13(18)9-20-14-11(15)6-10(8-16)7-12(14)19-4-2/h1,6-7H,4-5,8-9,16H2,2H3,(H,17,18). The predicted molar refractivity (Wildman–Crippen MR) is 80.5 cm³/mol. The Balaban J connectivity index is 2.82. The van der Waals surface area contributed by atoms with Gasteiger partial charge in [0.05, 0.1) is 17.6 Å². The molecule has 108 valence electrons. The third-order valence-corrected chi connectivity index (χ3v) is 2.93. The Morgan fingerprint density at radius 2 is 2.25 bits per heavy atom. The molecule has 1 aromatic rings. The van der Waals surface area contributed by atoms with Crippen LogP contribution < -0.4 is 20.5 Å². The molecule has 0 radical (unpaired) electrons. The molecular weight excluding hydrogens is 324 g/mol. The Bertz CT molecular complexity index is 512. The van der Waals surface area contributed by atoms with Crippen LogP contribution in [0.5, 0.6) is 11.5 Å². The second-order valence-corrected chi connectivity index (χ2v) is 4.67. The summed E-state index contributed by atoms with van der Waals surface area (Å²) in [6.07, 6.45) is 5.06. The smallest absolute Gasteiger partial charge is 0.258 e. The zero-order valence-electron chi connectivity index (χ0n) is 11.2. The van der Waals surface area contributed by atoms with Gasteiger partial charge in [-0.15, -0.1) is 6.42 Å². The Hall–Kier alpha value is -1.71. The third-order valence-electron chi connectivity index (χ3n) is 2.34. The van der Waals surface area contributed by atoms with Gasteiger partial charge in [0.1, 0.15) is 0 Å². The van der Waals surface area contributed by atoms with Gasteiger partial charge in [-0.3, -0.25) is 4.79 Å². The average Bonchev–Trinajstić information content (AvgIpc) is 2.44. The maximum atomic E-state index is 11.5. The van der Waals surface area contributed by atoms with E-state index in [0.717, 1.165) is 5.56 Å². The molecule has 6 heteroatoms. The molecule has 0 aliphatic rings. The maximum Gasteiger partial charge on any atom is 0.258 e. The highest BCUT2D eigenvalue weighted by Crippen LogP contribution is 2.36. The number of nitrogens with two attached hydrogens (primary N) is 1. The fraction of sp³-hybridized carbons (Fsp3) is 0.357. The number of ether oxygens (including phenoxy) is 2. The number of carbonyl (C=O) groups excluding carboxylic acids is 1. The van der Waals surface area contributed by atoms with E-state index in [1.165, 1.54) is 0 Å². The van der Waals surface area contributed by atoms with Gasteiger partial charge in [-0.1, -0.05) is 5.92 Å². The highest BCUT2D eigenvalue weighted by atomic mass is 79.9. The van der Waals surface area contributed by atoms with Crippen molar-refractivity contribution in [3.63, 3.8) is 0 Å². The van der Waals surface area contributed by atoms with Gasteiger partial charge in [-0.25, -0.2) is 0 Å². The first-order valence-electron chi connectivity index (χ1n) is 6.10. The van der Waals surface area contributed by atoms with Gasteiger partial charge >= 0.3 is 0 Å². The molecule has 0 saturated carbocycles. The monoisotopic (exact) mass is 340 g/mol. The molecule has 0 spiro atoms. The van der Waals surface area contributed by atoms with E-state index in [1.54, 1.807) is 6.07 Å². The summed E-state index contributed by atoms with van der Waals surface area (Å²) in [4.78, 5) is 11.5. The predicted octanol–water partition coefficient (Wildman–Crippen LogP) is 1.43. The lowest BCUT2D eigenvalue weighted by Gasteiger charge is -2.14. The Kier molecular flexibility index (Phi) is 6.91. The van der Waals surface area contributed by atoms with Crippen molar-refractivity contribution in [1.82, 2.24) is 5.32 Å². The second kappa shape index (κ2) is 8.46. The minimum atomic E-state index is -0.291. The quantitative estimate of drug-likeness (QED) is 0.736. The topological polar surface area (TPSA) is 73.6 Å². The normalized spacial score (nSPS) is 9.70. The molecule has 0 aromatic heterocycles. The van der Waals surface area contributed by atoms with Gasteiger partial charge < -0.3 is 20.5 Å². The van der Waals surface area contributed by atoms with Crippen LogP contribution in [-0.4, -0.2) is 25.7 Å². The fourth-order valence-corrected chi connectivity index (χ4v) is 2.08. The van der Waals surface area contributed by atoms with Gasteiger partial charge in [0, 0.05) is 6.54 Å². The minimum Gasteiger partial charge on any atom is -0.490 e. The molecule has 0 aliphatic heterocycles. The van der Waals surface area contributed by atoms with Gasteiger partial charge in [0.15, 0.2) is 18.1 Å². The van der Waals surface area contributed by atoms with Crippen LogP contribution in [0.25, 0.3) is 0 Å². The second-order valence-electron chi connectivity index (χ2n) is 3.81. The van der Waals surface area contributed by atoms with Crippen molar-refractivity contribution < 1.29 is 14.3 Å². The van der Waals surface area contributed by atoms with E-state index >= 15 is 0 Å². The van der Waals surface area contributed by atoms with Crippen LogP contribution in [0.2, 0.25) is 0 Å². The Morgan fingerprint density at radius 1 is 1.50 bits per heavy atom. The van der Waals surface area contributed by atoms with E-state index in [4.69, 9.17) is 21.6 Å². The lowest BCUT2D eigenvalue weighted by molar-refractivity contribution is -0.122. The van der Waals surface area contributed by atoms with Crippen LogP contribution in [0.1, 0.15) is 12.5 Å². The number of halogens is 1. The summed E-state index contributed by atoms with van der Waals surface area (Å²) in [7, 11) is 0. The van der Waals surface area contributed by atoms with Crippen molar-refractivity contribution in [2.45, 2.75) is 13.5 Å². The third kappa shape index (κ3) is 4.76. The van der Waals surface area contributed by atoms with Crippen molar-refractivity contribution in [3.8, 4) is 23.8 Å². The number of amides is 1. The van der Waals surface area contributed by atoms with Crippen molar-refractivity contribution in [2.24, 2.45) is 5.73 Å². The highest BCUT2D eigenvalue weighted by molar-refractivity contribution is 9.10. The van der Waals surface area contributed by atoms with E-state index in [1.807, 2.05) is 13.0 Å². The van der Waals surface area contributed by atoms with Crippen LogP contribution >= 0.6 is 15.9 Å². The number of hydrogen-bond donors (Lipinski definition) is 2. The molecule has 1 rings (SSSR count). The number of nitrogens with one attached hydrogen (secondary N) is 1. The van der Waals surface area contributed by atoms with Crippen LogP contribution in [-0.2, 0) is 11.3 Å². The molecule has 1 aromatic carbocycles. The molecule has 1 amide bonds. The first-order valence-corrected chi connectivity index (χ1v) is 6.89. The Labute approximate surface area is 126 Å². The first-order chi connectivity index (χ1) is 9.62. The molecule has 0 saturated heterocycles. The molecule has 20 heavy (non-hydrogen) atoms. The summed E-state index contributed by atoms with van der Waals surface area (Å²) in [6, 6.07) is 3.63. The molecule has 0 fully saturated rings. The lowest BCUT2D eigenvalue weighted by atomic mass is 10.2. The summed E-state index contributed by atoms with van der Waals surface area (Å²) < 4.78 is 11.7. The number of hydrogen-bond acceptors (Lipinski definition) is 4. The SMILES string of the molecule is C#CCNC(=O)COc1c(Br)cc(CN)cc1OCC. The average molecular weight is 341 g/mol. The van der Waals surface area contributed by atoms with E-state index in [-0.39, 0.29) is 19.1 Å². The zero-order chi connectivity index (χ0) is 15.0. The van der Waals surface area contributed by atoms with Crippen molar-refractivity contribution in [1.29, 1.82) is 0 Å². The molecule has 0 aliphatic carbocycles. The summed E-state index contributed by atoms with van der Waals surface area (Å²) in [6.45, 7) is 2.78. The molecule has 5 nitrogen and oxygen atoms in total. The van der Waals surface area contributed by atoms with Gasteiger partial charge in [0.25, 0.3) is 5.91 Å². The summed E-state index contributed by atoms with van der Waals surface area (Å²) in [5.41, 5.74) is 6.52. The zero-order valence-corrected chi connectivity index (χ0v) is 12.8. The molecule has 0 unspecified atom stereocenters. The van der Waals surface area contributed by atoms with Crippen molar-refractivity contribution >= 4 is 21.8 Å². The lowest BCUT2D eigenvalue weighted by Crippen LogP contribution is -2.29. The summed E-state index contributed by atoms with van der Waals surface area (Å²) in [5, 5.41) is 2.52. The van der Waals surface area contributed by atoms with Crippen LogP contribution in [0.15, 0.2) is 16.6 Å². The van der Waals surface area contributed by atoms with Crippen LogP contribution in [0, 0.1) is 12.3 Å². The van der Waals surface area contributed by atoms with E-state index in [2.05, 4.69) is 27.2 Å². The first kappa shape index (κ1) is 16.3. The largest absolute Gasteiger partial charge is 0.490 e. The molecule has 3 N–H and O–H groups in total. The van der Waals surface area contributed by atoms with Crippen LogP contribution in [0.4, 0.5) is 0 Å². The van der Waals surface area contributed by atoms with Crippen LogP contribution in [0.3, 0.4) is 0 Å². The van der Waals surface area contributed by atoms with Crippen molar-refractivity contribution in [3.05, 3.63) is 22.2 Å². The number of rotatable bonds is 7. The summed E-state index contributed by atoms with van der Waals surface area (Å²) >= 11 is 3.39. The number of carbonyl (C=O) groups is 1. The van der Waals surface area contributed by atoms with E-state index < -0.39 is 0 Å². The maximum absolute atomic E-state index is 11.5. The Morgan fingerprint density at radius 3 is 2.85 bits per heavy atom. The highest BCUT2D eigenvalue weighted by Gasteiger charge is 2.13. The van der Waals surface area contributed by atoms with E-state index in [0.29, 0.717) is 29.1 Å². The minimum absolute atomic E-state index is 0.137. The molecule has 0 heterocycles. The number of terminal acetylenes is 1. The molecular formula is C14H17BrN2O3. The van der Waals surface area contributed by atoms with E-state index in [9.17, 15) is 4.79 Å². The van der Waals surface area contributed by atoms with Gasteiger partial charge in [-0.05, 0) is 40.5 Å². The fourth-order valence-electron chi connectivity index (χ4n) is 1.48. The van der Waals surface area contributed by atoms with Gasteiger partial charge in [0.2, 0.25) is 0 Å². The number of benzene rings is 1. The van der Waals surface area contributed by atoms with Gasteiger partial charge in [-0.2, -0.15) is 0 Å². The molecule has 0 atom stereocenters. The summed E-state index contributed by atoms with van der Waals surface area (Å²) in [5.74, 6) is 3.05. The molecule has 0 bridgehead atoms.